The van der Waals surface area contributed by atoms with Crippen molar-refractivity contribution in [1.29, 1.82) is 0 Å². The molecular formula is C16H22N2. The molecule has 0 aromatic carbocycles. The second-order valence-electron chi connectivity index (χ2n) is 5.80. The smallest absolute Gasteiger partial charge is 0.0529 e. The number of hydrogen-bond acceptors (Lipinski definition) is 2. The molecule has 18 heavy (non-hydrogen) atoms. The van der Waals surface area contributed by atoms with E-state index < -0.39 is 0 Å². The van der Waals surface area contributed by atoms with E-state index in [2.05, 4.69) is 50.3 Å². The lowest BCUT2D eigenvalue weighted by Gasteiger charge is -2.28. The van der Waals surface area contributed by atoms with E-state index >= 15 is 0 Å². The third kappa shape index (κ3) is 2.26. The molecule has 0 saturated carbocycles. The van der Waals surface area contributed by atoms with Gasteiger partial charge in [-0.3, -0.25) is 0 Å². The van der Waals surface area contributed by atoms with Crippen LogP contribution in [0.1, 0.15) is 27.7 Å². The van der Waals surface area contributed by atoms with Crippen LogP contribution in [0.4, 0.5) is 0 Å². The highest BCUT2D eigenvalue weighted by molar-refractivity contribution is 5.56. The summed E-state index contributed by atoms with van der Waals surface area (Å²) in [5.41, 5.74) is 16.4. The number of allylic oxidation sites excluding steroid dienone is 6. The Morgan fingerprint density at radius 2 is 1.11 bits per heavy atom. The number of rotatable bonds is 0. The lowest BCUT2D eigenvalue weighted by molar-refractivity contribution is 0.675. The first kappa shape index (κ1) is 13.1. The van der Waals surface area contributed by atoms with Crippen molar-refractivity contribution < 1.29 is 0 Å². The molecular weight excluding hydrogens is 220 g/mol. The van der Waals surface area contributed by atoms with Gasteiger partial charge in [0.1, 0.15) is 0 Å². The zero-order valence-electron chi connectivity index (χ0n) is 11.6. The van der Waals surface area contributed by atoms with Gasteiger partial charge in [0.2, 0.25) is 0 Å². The van der Waals surface area contributed by atoms with Crippen LogP contribution in [0.3, 0.4) is 0 Å². The van der Waals surface area contributed by atoms with Gasteiger partial charge in [-0.1, -0.05) is 36.5 Å². The molecule has 0 spiro atoms. The quantitative estimate of drug-likeness (QED) is 0.686. The molecule has 2 nitrogen and oxygen atoms in total. The second-order valence-corrected chi connectivity index (χ2v) is 5.80. The summed E-state index contributed by atoms with van der Waals surface area (Å²) in [4.78, 5) is 0. The second kappa shape index (κ2) is 4.08. The summed E-state index contributed by atoms with van der Waals surface area (Å²) in [6.07, 6.45) is 12.6. The molecule has 0 radical (unpaired) electrons. The molecule has 2 heteroatoms. The molecule has 2 unspecified atom stereocenters. The molecule has 0 aliphatic heterocycles. The molecule has 4 N–H and O–H groups in total. The van der Waals surface area contributed by atoms with Crippen molar-refractivity contribution in [1.82, 2.24) is 0 Å². The fourth-order valence-corrected chi connectivity index (χ4v) is 2.02. The van der Waals surface area contributed by atoms with Crippen LogP contribution in [-0.2, 0) is 0 Å². The van der Waals surface area contributed by atoms with Crippen molar-refractivity contribution >= 4 is 0 Å². The summed E-state index contributed by atoms with van der Waals surface area (Å²) >= 11 is 0. The Labute approximate surface area is 109 Å². The highest BCUT2D eigenvalue weighted by Crippen LogP contribution is 2.29. The zero-order chi connectivity index (χ0) is 13.6. The van der Waals surface area contributed by atoms with Crippen molar-refractivity contribution in [3.8, 4) is 0 Å². The highest BCUT2D eigenvalue weighted by atomic mass is 14.7. The summed E-state index contributed by atoms with van der Waals surface area (Å²) in [5, 5.41) is 0. The zero-order valence-corrected chi connectivity index (χ0v) is 11.6. The van der Waals surface area contributed by atoms with Crippen LogP contribution < -0.4 is 11.5 Å². The summed E-state index contributed by atoms with van der Waals surface area (Å²) in [6.45, 7) is 8.18. The molecule has 0 amide bonds. The maximum absolute atomic E-state index is 6.15. The Morgan fingerprint density at radius 3 is 1.39 bits per heavy atom. The maximum atomic E-state index is 6.15. The van der Waals surface area contributed by atoms with Crippen LogP contribution >= 0.6 is 0 Å². The van der Waals surface area contributed by atoms with E-state index in [1.807, 2.05) is 13.8 Å². The number of hydrogen-bond donors (Lipinski definition) is 2. The lowest BCUT2D eigenvalue weighted by Crippen LogP contribution is -2.37. The predicted molar refractivity (Wildman–Crippen MR) is 78.0 cm³/mol. The first-order valence-corrected chi connectivity index (χ1v) is 6.30. The molecule has 2 atom stereocenters. The maximum Gasteiger partial charge on any atom is 0.0529 e. The van der Waals surface area contributed by atoms with Gasteiger partial charge in [-0.2, -0.15) is 0 Å². The molecule has 0 aromatic heterocycles. The standard InChI is InChI=1S/C16H22N2/c1-11-9-13(5-7-15(11,3)17)14-6-8-16(4,18)12(2)10-14/h5-10H,17-18H2,1-4H3/b14-13-. The summed E-state index contributed by atoms with van der Waals surface area (Å²) in [6, 6.07) is 0. The molecule has 96 valence electrons. The largest absolute Gasteiger partial charge is 0.319 e. The van der Waals surface area contributed by atoms with Gasteiger partial charge in [-0.25, -0.2) is 0 Å². The molecule has 0 aromatic rings. The average Bonchev–Trinajstić information content (AvgIpc) is 2.26. The van der Waals surface area contributed by atoms with Gasteiger partial charge in [0.25, 0.3) is 0 Å². The van der Waals surface area contributed by atoms with E-state index in [1.54, 1.807) is 0 Å². The fourth-order valence-electron chi connectivity index (χ4n) is 2.02. The normalized spacial score (nSPS) is 39.7. The van der Waals surface area contributed by atoms with Gasteiger partial charge in [0.05, 0.1) is 11.1 Å². The average molecular weight is 242 g/mol. The minimum atomic E-state index is -0.330. The van der Waals surface area contributed by atoms with Gasteiger partial charge < -0.3 is 11.5 Å². The van der Waals surface area contributed by atoms with Crippen molar-refractivity contribution in [2.75, 3.05) is 0 Å². The Bertz CT molecular complexity index is 475. The van der Waals surface area contributed by atoms with Gasteiger partial charge in [0.15, 0.2) is 0 Å². The van der Waals surface area contributed by atoms with E-state index in [-0.39, 0.29) is 11.1 Å². The molecule has 0 heterocycles. The van der Waals surface area contributed by atoms with Crippen molar-refractivity contribution in [3.05, 3.63) is 58.7 Å². The van der Waals surface area contributed by atoms with Gasteiger partial charge in [-0.15, -0.1) is 0 Å². The third-order valence-electron chi connectivity index (χ3n) is 3.99. The molecule has 2 rings (SSSR count). The molecule has 0 bridgehead atoms. The first-order valence-electron chi connectivity index (χ1n) is 6.30. The topological polar surface area (TPSA) is 52.0 Å². The third-order valence-corrected chi connectivity index (χ3v) is 3.99. The van der Waals surface area contributed by atoms with Crippen molar-refractivity contribution in [2.24, 2.45) is 11.5 Å². The van der Waals surface area contributed by atoms with E-state index in [4.69, 9.17) is 11.5 Å². The SMILES string of the molecule is CC1=C/C(=C2/C=CC(C)(N)C(C)=C2)C=CC1(C)N. The van der Waals surface area contributed by atoms with Crippen molar-refractivity contribution in [3.63, 3.8) is 0 Å². The lowest BCUT2D eigenvalue weighted by atomic mass is 9.82. The molecule has 0 fully saturated rings. The van der Waals surface area contributed by atoms with Crippen LogP contribution in [-0.4, -0.2) is 11.1 Å². The van der Waals surface area contributed by atoms with E-state index in [0.29, 0.717) is 0 Å². The first-order chi connectivity index (χ1) is 8.22. The van der Waals surface area contributed by atoms with Crippen LogP contribution in [0.2, 0.25) is 0 Å². The van der Waals surface area contributed by atoms with Gasteiger partial charge in [0, 0.05) is 0 Å². The molecule has 2 aliphatic carbocycles. The van der Waals surface area contributed by atoms with Crippen LogP contribution in [0.15, 0.2) is 58.7 Å². The summed E-state index contributed by atoms with van der Waals surface area (Å²) in [5.74, 6) is 0. The predicted octanol–water partition coefficient (Wildman–Crippen LogP) is 2.75. The Hall–Kier alpha value is -1.38. The van der Waals surface area contributed by atoms with E-state index in [0.717, 1.165) is 0 Å². The minimum Gasteiger partial charge on any atom is -0.319 e. The highest BCUT2D eigenvalue weighted by Gasteiger charge is 2.23. The van der Waals surface area contributed by atoms with Gasteiger partial charge >= 0.3 is 0 Å². The molecule has 2 aliphatic rings. The Morgan fingerprint density at radius 1 is 0.778 bits per heavy atom. The summed E-state index contributed by atoms with van der Waals surface area (Å²) < 4.78 is 0. The Kier molecular flexibility index (Phi) is 2.96. The monoisotopic (exact) mass is 242 g/mol. The Balaban J connectivity index is 2.43. The van der Waals surface area contributed by atoms with Gasteiger partial charge in [-0.05, 0) is 50.0 Å². The summed E-state index contributed by atoms with van der Waals surface area (Å²) in [7, 11) is 0. The number of nitrogens with two attached hydrogens (primary N) is 2. The van der Waals surface area contributed by atoms with Crippen LogP contribution in [0, 0.1) is 0 Å². The fraction of sp³-hybridized carbons (Fsp3) is 0.375. The van der Waals surface area contributed by atoms with Crippen molar-refractivity contribution in [2.45, 2.75) is 38.8 Å². The molecule has 0 saturated heterocycles. The van der Waals surface area contributed by atoms with Crippen LogP contribution in [0.25, 0.3) is 0 Å². The van der Waals surface area contributed by atoms with E-state index in [9.17, 15) is 0 Å². The van der Waals surface area contributed by atoms with Crippen LogP contribution in [0.5, 0.6) is 0 Å². The minimum absolute atomic E-state index is 0.330. The van der Waals surface area contributed by atoms with E-state index in [1.165, 1.54) is 22.3 Å².